The monoisotopic (exact) mass is 398 g/mol. The van der Waals surface area contributed by atoms with Crippen molar-refractivity contribution in [3.8, 4) is 5.75 Å². The standard InChI is InChI=1S/C17H20N2O2.C3H6S.C3H4/c20-16-9-7-15(8-10-16)17(21)19-12-4-11-18-13-14-5-2-1-3-6-14;1-3(2)4;1-2-3-1/h1-3,5-10,18,20H,4,11-13H2,(H,19,21);4H,1H2,2H3;1-2H,3H2. The van der Waals surface area contributed by atoms with Gasteiger partial charge in [-0.3, -0.25) is 4.79 Å². The highest BCUT2D eigenvalue weighted by Gasteiger charge is 2.03. The van der Waals surface area contributed by atoms with Gasteiger partial charge in [-0.2, -0.15) is 0 Å². The number of hydrogen-bond donors (Lipinski definition) is 4. The number of hydrogen-bond acceptors (Lipinski definition) is 4. The molecule has 150 valence electrons. The lowest BCUT2D eigenvalue weighted by molar-refractivity contribution is 0.0953. The fourth-order valence-electron chi connectivity index (χ4n) is 1.96. The molecule has 0 fully saturated rings. The summed E-state index contributed by atoms with van der Waals surface area (Å²) in [4.78, 5) is 12.7. The van der Waals surface area contributed by atoms with Gasteiger partial charge in [-0.25, -0.2) is 0 Å². The molecule has 5 heteroatoms. The molecule has 2 aromatic rings. The first-order valence-corrected chi connectivity index (χ1v) is 9.75. The Hall–Kier alpha value is -2.50. The Kier molecular flexibility index (Phi) is 12.2. The van der Waals surface area contributed by atoms with Gasteiger partial charge in [0.05, 0.1) is 0 Å². The highest BCUT2D eigenvalue weighted by molar-refractivity contribution is 7.84. The topological polar surface area (TPSA) is 61.4 Å². The molecular weight excluding hydrogens is 368 g/mol. The zero-order valence-electron chi connectivity index (χ0n) is 16.4. The number of phenolic OH excluding ortho intramolecular Hbond substituents is 1. The van der Waals surface area contributed by atoms with Gasteiger partial charge in [0.15, 0.2) is 0 Å². The van der Waals surface area contributed by atoms with Gasteiger partial charge in [-0.05, 0) is 61.0 Å². The summed E-state index contributed by atoms with van der Waals surface area (Å²) in [6.07, 6.45) is 6.37. The molecule has 2 aromatic carbocycles. The van der Waals surface area contributed by atoms with E-state index in [4.69, 9.17) is 5.11 Å². The summed E-state index contributed by atoms with van der Waals surface area (Å²) in [6, 6.07) is 16.5. The van der Waals surface area contributed by atoms with Crippen molar-refractivity contribution in [3.63, 3.8) is 0 Å². The molecule has 0 aliphatic heterocycles. The van der Waals surface area contributed by atoms with Gasteiger partial charge in [0.2, 0.25) is 0 Å². The number of thiol groups is 1. The maximum atomic E-state index is 11.8. The number of carbonyl (C=O) groups excluding carboxylic acids is 1. The normalized spacial score (nSPS) is 10.6. The van der Waals surface area contributed by atoms with E-state index in [1.165, 1.54) is 24.1 Å². The van der Waals surface area contributed by atoms with Crippen molar-refractivity contribution in [2.45, 2.75) is 26.3 Å². The molecule has 0 radical (unpaired) electrons. The molecule has 4 nitrogen and oxygen atoms in total. The van der Waals surface area contributed by atoms with Crippen molar-refractivity contribution >= 4 is 18.5 Å². The zero-order valence-corrected chi connectivity index (χ0v) is 17.3. The van der Waals surface area contributed by atoms with E-state index in [1.807, 2.05) is 25.1 Å². The third-order valence-electron chi connectivity index (χ3n) is 3.35. The van der Waals surface area contributed by atoms with Crippen LogP contribution in [0.15, 0.2) is 78.2 Å². The number of aromatic hydroxyl groups is 1. The van der Waals surface area contributed by atoms with Gasteiger partial charge in [0.1, 0.15) is 5.75 Å². The van der Waals surface area contributed by atoms with Crippen LogP contribution in [0, 0.1) is 0 Å². The first-order chi connectivity index (χ1) is 13.5. The number of amides is 1. The number of benzene rings is 2. The maximum Gasteiger partial charge on any atom is 0.251 e. The van der Waals surface area contributed by atoms with Gasteiger partial charge in [-0.1, -0.05) is 49.1 Å². The SMILES string of the molecule is C1=CC1.C=C(C)S.O=C(NCCCNCc1ccccc1)c1ccc(O)cc1. The summed E-state index contributed by atoms with van der Waals surface area (Å²) in [7, 11) is 0. The molecule has 1 aliphatic rings. The van der Waals surface area contributed by atoms with Gasteiger partial charge < -0.3 is 15.7 Å². The smallest absolute Gasteiger partial charge is 0.251 e. The molecule has 0 aromatic heterocycles. The van der Waals surface area contributed by atoms with Gasteiger partial charge >= 0.3 is 0 Å². The molecule has 3 N–H and O–H groups in total. The molecule has 0 spiro atoms. The third kappa shape index (κ3) is 13.7. The van der Waals surface area contributed by atoms with Crippen LogP contribution in [0.2, 0.25) is 0 Å². The van der Waals surface area contributed by atoms with Gasteiger partial charge in [0, 0.05) is 18.7 Å². The highest BCUT2D eigenvalue weighted by Crippen LogP contribution is 2.09. The van der Waals surface area contributed by atoms with Crippen LogP contribution in [-0.2, 0) is 6.54 Å². The predicted octanol–water partition coefficient (Wildman–Crippen LogP) is 4.70. The largest absolute Gasteiger partial charge is 0.508 e. The van der Waals surface area contributed by atoms with E-state index in [2.05, 4.69) is 54.1 Å². The second-order valence-corrected chi connectivity index (χ2v) is 7.02. The Labute approximate surface area is 173 Å². The molecule has 0 bridgehead atoms. The molecule has 0 saturated heterocycles. The van der Waals surface area contributed by atoms with E-state index in [0.29, 0.717) is 12.1 Å². The minimum absolute atomic E-state index is 0.113. The van der Waals surface area contributed by atoms with Crippen molar-refractivity contribution < 1.29 is 9.90 Å². The number of rotatable bonds is 7. The van der Waals surface area contributed by atoms with E-state index in [9.17, 15) is 4.79 Å². The maximum absolute atomic E-state index is 11.8. The number of nitrogens with one attached hydrogen (secondary N) is 2. The van der Waals surface area contributed by atoms with Gasteiger partial charge in [-0.15, -0.1) is 12.6 Å². The number of carbonyl (C=O) groups is 1. The average molecular weight is 399 g/mol. The molecule has 0 unspecified atom stereocenters. The van der Waals surface area contributed by atoms with E-state index in [-0.39, 0.29) is 11.7 Å². The van der Waals surface area contributed by atoms with Crippen LogP contribution in [0.4, 0.5) is 0 Å². The molecule has 0 heterocycles. The molecule has 1 amide bonds. The summed E-state index contributed by atoms with van der Waals surface area (Å²) in [5.74, 6) is 0.0507. The van der Waals surface area contributed by atoms with Gasteiger partial charge in [0.25, 0.3) is 5.91 Å². The number of allylic oxidation sites excluding steroid dienone is 3. The van der Waals surface area contributed by atoms with E-state index in [1.54, 1.807) is 12.1 Å². The second-order valence-electron chi connectivity index (χ2n) is 6.26. The van der Waals surface area contributed by atoms with Crippen LogP contribution < -0.4 is 10.6 Å². The molecule has 3 rings (SSSR count). The zero-order chi connectivity index (χ0) is 20.6. The van der Waals surface area contributed by atoms with E-state index >= 15 is 0 Å². The number of phenols is 1. The molecule has 28 heavy (non-hydrogen) atoms. The fourth-order valence-corrected chi connectivity index (χ4v) is 1.96. The lowest BCUT2D eigenvalue weighted by Crippen LogP contribution is -2.27. The first-order valence-electron chi connectivity index (χ1n) is 9.30. The third-order valence-corrected chi connectivity index (χ3v) is 3.35. The van der Waals surface area contributed by atoms with Crippen LogP contribution in [0.5, 0.6) is 5.75 Å². The Morgan fingerprint density at radius 2 is 1.64 bits per heavy atom. The lowest BCUT2D eigenvalue weighted by Gasteiger charge is -2.07. The van der Waals surface area contributed by atoms with Crippen molar-refractivity contribution in [2.75, 3.05) is 13.1 Å². The summed E-state index contributed by atoms with van der Waals surface area (Å²) in [5.41, 5.74) is 1.82. The highest BCUT2D eigenvalue weighted by atomic mass is 32.1. The quantitative estimate of drug-likeness (QED) is 0.311. The Bertz CT molecular complexity index is 720. The Morgan fingerprint density at radius 3 is 2.18 bits per heavy atom. The fraction of sp³-hybridized carbons (Fsp3) is 0.261. The van der Waals surface area contributed by atoms with Crippen LogP contribution in [-0.4, -0.2) is 24.1 Å². The summed E-state index contributed by atoms with van der Waals surface area (Å²) in [6.45, 7) is 7.57. The van der Waals surface area contributed by atoms with Crippen molar-refractivity contribution in [1.29, 1.82) is 0 Å². The second kappa shape index (κ2) is 14.5. The minimum Gasteiger partial charge on any atom is -0.508 e. The van der Waals surface area contributed by atoms with Crippen molar-refractivity contribution in [3.05, 3.63) is 89.4 Å². The van der Waals surface area contributed by atoms with Crippen LogP contribution in [0.1, 0.15) is 35.7 Å². The average Bonchev–Trinajstić information content (AvgIpc) is 3.54. The van der Waals surface area contributed by atoms with Crippen LogP contribution in [0.3, 0.4) is 0 Å². The Balaban J connectivity index is 0.000000474. The lowest BCUT2D eigenvalue weighted by atomic mass is 10.2. The van der Waals surface area contributed by atoms with E-state index < -0.39 is 0 Å². The van der Waals surface area contributed by atoms with Crippen molar-refractivity contribution in [2.24, 2.45) is 0 Å². The predicted molar refractivity (Wildman–Crippen MR) is 121 cm³/mol. The van der Waals surface area contributed by atoms with Crippen LogP contribution >= 0.6 is 12.6 Å². The molecular formula is C23H30N2O2S. The summed E-state index contributed by atoms with van der Waals surface area (Å²) >= 11 is 3.77. The Morgan fingerprint density at radius 1 is 1.07 bits per heavy atom. The van der Waals surface area contributed by atoms with Crippen molar-refractivity contribution in [1.82, 2.24) is 10.6 Å². The molecule has 0 atom stereocenters. The van der Waals surface area contributed by atoms with Crippen LogP contribution in [0.25, 0.3) is 0 Å². The summed E-state index contributed by atoms with van der Waals surface area (Å²) < 4.78 is 0. The summed E-state index contributed by atoms with van der Waals surface area (Å²) in [5, 5.41) is 15.4. The molecule has 1 aliphatic carbocycles. The van der Waals surface area contributed by atoms with E-state index in [0.717, 1.165) is 24.4 Å². The first kappa shape index (κ1) is 23.5. The molecule has 0 saturated carbocycles. The minimum atomic E-state index is -0.113.